The number of carbonyl (C=O) groups excluding carboxylic acids is 2. The molecule has 2 aromatic heterocycles. The van der Waals surface area contributed by atoms with Crippen LogP contribution in [0.1, 0.15) is 55.8 Å². The lowest BCUT2D eigenvalue weighted by Crippen LogP contribution is -2.59. The van der Waals surface area contributed by atoms with Crippen molar-refractivity contribution in [1.82, 2.24) is 20.6 Å². The molecule has 1 atom stereocenters. The molecule has 0 saturated heterocycles. The van der Waals surface area contributed by atoms with E-state index in [-0.39, 0.29) is 24.3 Å². The van der Waals surface area contributed by atoms with Crippen LogP contribution >= 0.6 is 23.2 Å². The number of hydrogen-bond acceptors (Lipinski definition) is 4. The maximum Gasteiger partial charge on any atom is 0.408 e. The highest BCUT2D eigenvalue weighted by molar-refractivity contribution is 6.35. The van der Waals surface area contributed by atoms with Crippen LogP contribution in [-0.2, 0) is 28.0 Å². The van der Waals surface area contributed by atoms with E-state index in [2.05, 4.69) is 20.6 Å². The number of benzene rings is 2. The van der Waals surface area contributed by atoms with Gasteiger partial charge in [-0.1, -0.05) is 72.8 Å². The number of carbonyl (C=O) groups is 2. The number of H-pyrrole nitrogens is 1. The van der Waals surface area contributed by atoms with Crippen molar-refractivity contribution in [2.75, 3.05) is 6.54 Å². The van der Waals surface area contributed by atoms with Crippen molar-refractivity contribution in [3.05, 3.63) is 99.9 Å². The third kappa shape index (κ3) is 6.68. The summed E-state index contributed by atoms with van der Waals surface area (Å²) in [5, 5.41) is 7.94. The zero-order chi connectivity index (χ0) is 28.9. The summed E-state index contributed by atoms with van der Waals surface area (Å²) in [5.74, 6) is -0.287. The second-order valence-electron chi connectivity index (χ2n) is 11.0. The third-order valence-electron chi connectivity index (χ3n) is 8.08. The number of nitrogens with zero attached hydrogens (tertiary/aromatic N) is 1. The zero-order valence-corrected chi connectivity index (χ0v) is 24.5. The van der Waals surface area contributed by atoms with E-state index in [9.17, 15) is 9.59 Å². The number of alkyl carbamates (subject to hydrolysis) is 1. The quantitative estimate of drug-likeness (QED) is 0.193. The van der Waals surface area contributed by atoms with Crippen LogP contribution in [0.5, 0.6) is 0 Å². The molecule has 1 saturated carbocycles. The van der Waals surface area contributed by atoms with Gasteiger partial charge in [0.1, 0.15) is 12.1 Å². The van der Waals surface area contributed by atoms with E-state index in [0.717, 1.165) is 47.8 Å². The van der Waals surface area contributed by atoms with Crippen LogP contribution in [0.25, 0.3) is 10.9 Å². The minimum absolute atomic E-state index is 0.0601. The van der Waals surface area contributed by atoms with Gasteiger partial charge >= 0.3 is 6.09 Å². The highest BCUT2D eigenvalue weighted by Crippen LogP contribution is 2.38. The van der Waals surface area contributed by atoms with Gasteiger partial charge in [0.2, 0.25) is 5.91 Å². The smallest absolute Gasteiger partial charge is 0.408 e. The number of pyridine rings is 1. The minimum Gasteiger partial charge on any atom is -0.445 e. The van der Waals surface area contributed by atoms with Crippen LogP contribution in [0.4, 0.5) is 4.79 Å². The molecule has 2 aromatic carbocycles. The Balaban J connectivity index is 1.36. The lowest BCUT2D eigenvalue weighted by molar-refractivity contribution is -0.127. The number of nitrogens with one attached hydrogen (secondary N) is 3. The second-order valence-corrected chi connectivity index (χ2v) is 11.9. The fraction of sp³-hybridized carbons (Fsp3) is 0.344. The molecule has 214 valence electrons. The van der Waals surface area contributed by atoms with Gasteiger partial charge in [-0.25, -0.2) is 4.79 Å². The van der Waals surface area contributed by atoms with E-state index in [4.69, 9.17) is 27.9 Å². The Kier molecular flexibility index (Phi) is 8.85. The highest BCUT2D eigenvalue weighted by atomic mass is 35.5. The van der Waals surface area contributed by atoms with Crippen LogP contribution in [0.3, 0.4) is 0 Å². The number of para-hydroxylation sites is 1. The zero-order valence-electron chi connectivity index (χ0n) is 23.0. The predicted molar refractivity (Wildman–Crippen MR) is 162 cm³/mol. The van der Waals surface area contributed by atoms with Gasteiger partial charge in [-0.2, -0.15) is 0 Å². The summed E-state index contributed by atoms with van der Waals surface area (Å²) in [6.07, 6.45) is 8.45. The van der Waals surface area contributed by atoms with Gasteiger partial charge in [0, 0.05) is 63.0 Å². The predicted octanol–water partition coefficient (Wildman–Crippen LogP) is 7.12. The van der Waals surface area contributed by atoms with Crippen molar-refractivity contribution in [3.8, 4) is 0 Å². The summed E-state index contributed by atoms with van der Waals surface area (Å²) >= 11 is 12.2. The summed E-state index contributed by atoms with van der Waals surface area (Å²) in [4.78, 5) is 35.0. The molecule has 2 amide bonds. The van der Waals surface area contributed by atoms with Crippen LogP contribution in [0.2, 0.25) is 10.0 Å². The van der Waals surface area contributed by atoms with Crippen molar-refractivity contribution in [2.45, 2.75) is 63.0 Å². The van der Waals surface area contributed by atoms with E-state index < -0.39 is 11.6 Å². The Morgan fingerprint density at radius 2 is 1.80 bits per heavy atom. The summed E-state index contributed by atoms with van der Waals surface area (Å²) < 4.78 is 5.51. The maximum atomic E-state index is 14.0. The van der Waals surface area contributed by atoms with Crippen molar-refractivity contribution < 1.29 is 14.3 Å². The van der Waals surface area contributed by atoms with Gasteiger partial charge in [0.15, 0.2) is 0 Å². The fourth-order valence-corrected chi connectivity index (χ4v) is 6.22. The van der Waals surface area contributed by atoms with Gasteiger partial charge in [-0.15, -0.1) is 0 Å². The van der Waals surface area contributed by atoms with Gasteiger partial charge in [-0.05, 0) is 55.7 Å². The second kappa shape index (κ2) is 12.5. The van der Waals surface area contributed by atoms with E-state index in [1.807, 2.05) is 48.7 Å². The molecule has 1 aliphatic carbocycles. The van der Waals surface area contributed by atoms with Crippen molar-refractivity contribution in [2.24, 2.45) is 0 Å². The lowest BCUT2D eigenvalue weighted by Gasteiger charge is -2.38. The lowest BCUT2D eigenvalue weighted by atomic mass is 9.71. The molecule has 2 heterocycles. The maximum absolute atomic E-state index is 14.0. The number of aromatic amines is 1. The van der Waals surface area contributed by atoms with Crippen LogP contribution in [-0.4, -0.2) is 34.1 Å². The molecule has 1 aliphatic rings. The van der Waals surface area contributed by atoms with Crippen molar-refractivity contribution in [3.63, 3.8) is 0 Å². The first kappa shape index (κ1) is 29.0. The minimum atomic E-state index is -1.30. The van der Waals surface area contributed by atoms with E-state index >= 15 is 0 Å². The van der Waals surface area contributed by atoms with Crippen molar-refractivity contribution in [1.29, 1.82) is 0 Å². The molecule has 7 nitrogen and oxygen atoms in total. The number of halogens is 2. The molecule has 0 aliphatic heterocycles. The Morgan fingerprint density at radius 3 is 2.56 bits per heavy atom. The van der Waals surface area contributed by atoms with Crippen LogP contribution < -0.4 is 10.6 Å². The standard InChI is InChI=1S/C32H34Cl2N4O3/c1-31(18-23-19-36-27-10-4-3-9-25(23)27,38-30(40)41-20-22-12-13-24(33)17-26(22)34)29(39)37-21-32(14-6-2-7-15-32)28-11-5-8-16-35-28/h3-5,8-13,16-17,19,36H,2,6-7,14-15,18,20-21H2,1H3,(H,37,39)(H,38,40)/t31-/m0/s1. The Bertz CT molecular complexity index is 1520. The summed E-state index contributed by atoms with van der Waals surface area (Å²) in [5.41, 5.74) is 1.93. The van der Waals surface area contributed by atoms with Gasteiger partial charge in [0.05, 0.1) is 0 Å². The number of ether oxygens (including phenoxy) is 1. The highest BCUT2D eigenvalue weighted by Gasteiger charge is 2.40. The summed E-state index contributed by atoms with van der Waals surface area (Å²) in [6, 6.07) is 18.8. The monoisotopic (exact) mass is 592 g/mol. The average molecular weight is 594 g/mol. The average Bonchev–Trinajstić information content (AvgIpc) is 3.38. The van der Waals surface area contributed by atoms with E-state index in [0.29, 0.717) is 22.2 Å². The van der Waals surface area contributed by atoms with Gasteiger partial charge in [-0.3, -0.25) is 9.78 Å². The number of fused-ring (bicyclic) bond motifs is 1. The SMILES string of the molecule is C[C@@](Cc1c[nH]c2ccccc12)(NC(=O)OCc1ccc(Cl)cc1Cl)C(=O)NCC1(c2ccccn2)CCCCC1. The topological polar surface area (TPSA) is 96.1 Å². The van der Waals surface area contributed by atoms with Gasteiger partial charge < -0.3 is 20.4 Å². The molecule has 0 unspecified atom stereocenters. The molecule has 0 spiro atoms. The molecule has 1 fully saturated rings. The van der Waals surface area contributed by atoms with E-state index in [1.165, 1.54) is 6.42 Å². The fourth-order valence-electron chi connectivity index (χ4n) is 5.76. The first-order valence-corrected chi connectivity index (χ1v) is 14.7. The molecular weight excluding hydrogens is 559 g/mol. The Labute approximate surface area is 250 Å². The molecule has 3 N–H and O–H groups in total. The number of rotatable bonds is 9. The normalized spacial score (nSPS) is 16.1. The largest absolute Gasteiger partial charge is 0.445 e. The van der Waals surface area contributed by atoms with Crippen LogP contribution in [0, 0.1) is 0 Å². The molecule has 4 aromatic rings. The van der Waals surface area contributed by atoms with Crippen molar-refractivity contribution >= 4 is 46.1 Å². The molecular formula is C32H34Cl2N4O3. The molecule has 9 heteroatoms. The van der Waals surface area contributed by atoms with Crippen LogP contribution in [0.15, 0.2) is 73.1 Å². The molecule has 0 bridgehead atoms. The number of aromatic nitrogens is 2. The first-order chi connectivity index (χ1) is 19.8. The summed E-state index contributed by atoms with van der Waals surface area (Å²) in [6.45, 7) is 2.10. The Hall–Kier alpha value is -3.55. The van der Waals surface area contributed by atoms with E-state index in [1.54, 1.807) is 31.3 Å². The third-order valence-corrected chi connectivity index (χ3v) is 8.67. The molecule has 0 radical (unpaired) electrons. The first-order valence-electron chi connectivity index (χ1n) is 13.9. The number of amides is 2. The molecule has 5 rings (SSSR count). The number of hydrogen-bond donors (Lipinski definition) is 3. The van der Waals surface area contributed by atoms with Gasteiger partial charge in [0.25, 0.3) is 0 Å². The molecule has 41 heavy (non-hydrogen) atoms. The summed E-state index contributed by atoms with van der Waals surface area (Å²) in [7, 11) is 0. The Morgan fingerprint density at radius 1 is 1.02 bits per heavy atom.